The Bertz CT molecular complexity index is 436. The van der Waals surface area contributed by atoms with Crippen molar-refractivity contribution in [1.82, 2.24) is 4.72 Å². The van der Waals surface area contributed by atoms with Crippen LogP contribution in [0, 0.1) is 6.92 Å². The lowest BCUT2D eigenvalue weighted by molar-refractivity contribution is 0.466. The second-order valence-corrected chi connectivity index (χ2v) is 5.90. The first-order chi connectivity index (χ1) is 6.40. The molecule has 4 N–H and O–H groups in total. The highest BCUT2D eigenvalue weighted by molar-refractivity contribution is 7.91. The molecule has 0 unspecified atom stereocenters. The molecule has 80 valence electrons. The number of anilines is 1. The molecule has 0 spiro atoms. The molecule has 1 aromatic rings. The lowest BCUT2D eigenvalue weighted by atomic mass is 10.4. The molecule has 0 amide bonds. The van der Waals surface area contributed by atoms with Crippen molar-refractivity contribution in [2.75, 3.05) is 12.3 Å². The molecular weight excluding hydrogens is 224 g/mol. The Morgan fingerprint density at radius 1 is 1.57 bits per heavy atom. The minimum Gasteiger partial charge on any atom is -0.504 e. The van der Waals surface area contributed by atoms with Crippen LogP contribution in [0.2, 0.25) is 0 Å². The summed E-state index contributed by atoms with van der Waals surface area (Å²) in [6.45, 7) is 3.60. The van der Waals surface area contributed by atoms with Crippen molar-refractivity contribution >= 4 is 27.0 Å². The van der Waals surface area contributed by atoms with Crippen molar-refractivity contribution in [3.8, 4) is 5.75 Å². The quantitative estimate of drug-likeness (QED) is 0.718. The highest BCUT2D eigenvalue weighted by Crippen LogP contribution is 2.39. The third-order valence-electron chi connectivity index (χ3n) is 1.65. The first-order valence-electron chi connectivity index (χ1n) is 3.97. The van der Waals surface area contributed by atoms with Gasteiger partial charge in [-0.25, -0.2) is 13.1 Å². The van der Waals surface area contributed by atoms with E-state index in [1.807, 2.05) is 0 Å². The largest absolute Gasteiger partial charge is 0.504 e. The van der Waals surface area contributed by atoms with Crippen LogP contribution in [-0.4, -0.2) is 20.1 Å². The molecular formula is C7H12N2O3S2. The summed E-state index contributed by atoms with van der Waals surface area (Å²) < 4.78 is 25.2. The van der Waals surface area contributed by atoms with E-state index in [1.54, 1.807) is 13.8 Å². The number of nitrogens with one attached hydrogen (secondary N) is 1. The first kappa shape index (κ1) is 11.3. The van der Waals surface area contributed by atoms with E-state index in [1.165, 1.54) is 0 Å². The molecule has 0 aliphatic heterocycles. The van der Waals surface area contributed by atoms with Crippen molar-refractivity contribution in [3.05, 3.63) is 4.88 Å². The van der Waals surface area contributed by atoms with Crippen LogP contribution < -0.4 is 10.5 Å². The molecule has 7 heteroatoms. The maximum atomic E-state index is 11.5. The van der Waals surface area contributed by atoms with Gasteiger partial charge in [0.1, 0.15) is 0 Å². The van der Waals surface area contributed by atoms with Crippen molar-refractivity contribution in [3.63, 3.8) is 0 Å². The van der Waals surface area contributed by atoms with E-state index in [2.05, 4.69) is 4.72 Å². The molecule has 0 radical (unpaired) electrons. The van der Waals surface area contributed by atoms with Crippen LogP contribution in [0.5, 0.6) is 5.75 Å². The Balaban J connectivity index is 3.27. The molecule has 5 nitrogen and oxygen atoms in total. The van der Waals surface area contributed by atoms with Gasteiger partial charge in [0, 0.05) is 11.4 Å². The van der Waals surface area contributed by atoms with E-state index in [4.69, 9.17) is 5.73 Å². The highest BCUT2D eigenvalue weighted by Gasteiger charge is 2.23. The van der Waals surface area contributed by atoms with Gasteiger partial charge in [0.2, 0.25) is 0 Å². The van der Waals surface area contributed by atoms with Crippen LogP contribution >= 0.6 is 11.3 Å². The van der Waals surface area contributed by atoms with Crippen molar-refractivity contribution in [2.45, 2.75) is 18.1 Å². The maximum absolute atomic E-state index is 11.5. The number of aromatic hydroxyl groups is 1. The van der Waals surface area contributed by atoms with Crippen LogP contribution in [-0.2, 0) is 10.0 Å². The zero-order valence-electron chi connectivity index (χ0n) is 7.86. The lowest BCUT2D eigenvalue weighted by Crippen LogP contribution is -2.22. The number of nitrogen functional groups attached to an aromatic ring is 1. The fraction of sp³-hybridized carbons (Fsp3) is 0.429. The molecule has 14 heavy (non-hydrogen) atoms. The zero-order valence-corrected chi connectivity index (χ0v) is 9.50. The van der Waals surface area contributed by atoms with Gasteiger partial charge in [-0.15, -0.1) is 11.3 Å². The van der Waals surface area contributed by atoms with Gasteiger partial charge in [-0.3, -0.25) is 0 Å². The summed E-state index contributed by atoms with van der Waals surface area (Å²) in [6.07, 6.45) is 0. The fourth-order valence-electron chi connectivity index (χ4n) is 0.957. The summed E-state index contributed by atoms with van der Waals surface area (Å²) in [4.78, 5) is 0.596. The van der Waals surface area contributed by atoms with Crippen molar-refractivity contribution in [2.24, 2.45) is 0 Å². The van der Waals surface area contributed by atoms with Gasteiger partial charge in [-0.05, 0) is 6.92 Å². The average molecular weight is 236 g/mol. The Kier molecular flexibility index (Phi) is 3.03. The second-order valence-electron chi connectivity index (χ2n) is 2.71. The SMILES string of the molecule is CCNS(=O)(=O)c1sc(C)c(N)c1O. The Hall–Kier alpha value is -0.790. The Morgan fingerprint density at radius 2 is 2.14 bits per heavy atom. The summed E-state index contributed by atoms with van der Waals surface area (Å²) in [6, 6.07) is 0. The molecule has 0 saturated heterocycles. The van der Waals surface area contributed by atoms with E-state index >= 15 is 0 Å². The molecule has 1 aromatic heterocycles. The second kappa shape index (κ2) is 3.76. The molecule has 1 rings (SSSR count). The monoisotopic (exact) mass is 236 g/mol. The smallest absolute Gasteiger partial charge is 0.253 e. The van der Waals surface area contributed by atoms with E-state index in [0.29, 0.717) is 4.88 Å². The van der Waals surface area contributed by atoms with Gasteiger partial charge < -0.3 is 10.8 Å². The predicted molar refractivity (Wildman–Crippen MR) is 56.0 cm³/mol. The van der Waals surface area contributed by atoms with Gasteiger partial charge in [-0.1, -0.05) is 6.92 Å². The minimum absolute atomic E-state index is 0.116. The molecule has 0 fully saturated rings. The van der Waals surface area contributed by atoms with Crippen molar-refractivity contribution in [1.29, 1.82) is 0 Å². The maximum Gasteiger partial charge on any atom is 0.253 e. The van der Waals surface area contributed by atoms with Gasteiger partial charge in [-0.2, -0.15) is 0 Å². The summed E-state index contributed by atoms with van der Waals surface area (Å²) >= 11 is 0.962. The molecule has 0 aromatic carbocycles. The van der Waals surface area contributed by atoms with Crippen molar-refractivity contribution < 1.29 is 13.5 Å². The summed E-state index contributed by atoms with van der Waals surface area (Å²) in [5.41, 5.74) is 5.59. The van der Waals surface area contributed by atoms with Gasteiger partial charge in [0.25, 0.3) is 10.0 Å². The molecule has 0 aliphatic carbocycles. The van der Waals surface area contributed by atoms with Crippen LogP contribution in [0.15, 0.2) is 4.21 Å². The molecule has 0 bridgehead atoms. The van der Waals surface area contributed by atoms with E-state index < -0.39 is 10.0 Å². The minimum atomic E-state index is -3.60. The van der Waals surface area contributed by atoms with Crippen LogP contribution in [0.1, 0.15) is 11.8 Å². The number of sulfonamides is 1. The zero-order chi connectivity index (χ0) is 10.9. The predicted octanol–water partition coefficient (Wildman–Crippen LogP) is 0.643. The highest BCUT2D eigenvalue weighted by atomic mass is 32.2. The number of thiophene rings is 1. The van der Waals surface area contributed by atoms with Crippen LogP contribution in [0.4, 0.5) is 5.69 Å². The summed E-state index contributed by atoms with van der Waals surface area (Å²) in [5.74, 6) is -0.353. The van der Waals surface area contributed by atoms with Crippen LogP contribution in [0.25, 0.3) is 0 Å². The standard InChI is InChI=1S/C7H12N2O3S2/c1-3-9-14(11,12)7-6(10)5(8)4(2)13-7/h9-10H,3,8H2,1-2H3. The third kappa shape index (κ3) is 1.84. The Morgan fingerprint density at radius 3 is 2.50 bits per heavy atom. The summed E-state index contributed by atoms with van der Waals surface area (Å²) in [5, 5.41) is 9.45. The van der Waals surface area contributed by atoms with Gasteiger partial charge >= 0.3 is 0 Å². The Labute approximate surface area is 86.6 Å². The molecule has 0 saturated carbocycles. The topological polar surface area (TPSA) is 92.4 Å². The number of rotatable bonds is 3. The van der Waals surface area contributed by atoms with E-state index in [9.17, 15) is 13.5 Å². The van der Waals surface area contributed by atoms with E-state index in [-0.39, 0.29) is 22.2 Å². The molecule has 1 heterocycles. The van der Waals surface area contributed by atoms with Crippen LogP contribution in [0.3, 0.4) is 0 Å². The number of hydrogen-bond donors (Lipinski definition) is 3. The third-order valence-corrected chi connectivity index (χ3v) is 4.82. The molecule has 0 aliphatic rings. The average Bonchev–Trinajstić information content (AvgIpc) is 2.33. The van der Waals surface area contributed by atoms with Gasteiger partial charge in [0.05, 0.1) is 5.69 Å². The van der Waals surface area contributed by atoms with Gasteiger partial charge in [0.15, 0.2) is 9.96 Å². The number of nitrogens with two attached hydrogens (primary N) is 1. The first-order valence-corrected chi connectivity index (χ1v) is 6.27. The number of aryl methyl sites for hydroxylation is 1. The molecule has 0 atom stereocenters. The fourth-order valence-corrected chi connectivity index (χ4v) is 3.51. The lowest BCUT2D eigenvalue weighted by Gasteiger charge is -2.01. The van der Waals surface area contributed by atoms with E-state index in [0.717, 1.165) is 11.3 Å². The number of hydrogen-bond acceptors (Lipinski definition) is 5. The summed E-state index contributed by atoms with van der Waals surface area (Å²) in [7, 11) is -3.60. The normalized spacial score (nSPS) is 11.9.